The van der Waals surface area contributed by atoms with Crippen molar-refractivity contribution in [2.45, 2.75) is 65.6 Å². The molecule has 0 amide bonds. The van der Waals surface area contributed by atoms with Gasteiger partial charge in [0.1, 0.15) is 5.60 Å². The number of esters is 1. The molecule has 0 aliphatic heterocycles. The molecule has 2 N–H and O–H groups in total. The van der Waals surface area contributed by atoms with Gasteiger partial charge >= 0.3 is 5.97 Å². The van der Waals surface area contributed by atoms with Gasteiger partial charge in [0.25, 0.3) is 0 Å². The molecule has 2 saturated carbocycles. The van der Waals surface area contributed by atoms with Gasteiger partial charge in [0.2, 0.25) is 5.78 Å². The summed E-state index contributed by atoms with van der Waals surface area (Å²) < 4.78 is 6.95. The molecule has 6 rings (SSSR count). The molecule has 0 bridgehead atoms. The molecule has 2 fully saturated rings. The molecule has 2 aromatic rings. The van der Waals surface area contributed by atoms with Crippen LogP contribution < -0.4 is 0 Å². The van der Waals surface area contributed by atoms with Gasteiger partial charge in [0.15, 0.2) is 6.61 Å². The van der Waals surface area contributed by atoms with E-state index < -0.39 is 35.5 Å². The van der Waals surface area contributed by atoms with Crippen LogP contribution in [0.25, 0.3) is 11.8 Å². The molecular formula is C32H38N2O5. The zero-order valence-electron chi connectivity index (χ0n) is 23.3. The minimum atomic E-state index is -1.67. The molecule has 8 atom stereocenters. The fourth-order valence-electron chi connectivity index (χ4n) is 8.98. The van der Waals surface area contributed by atoms with Crippen LogP contribution in [-0.2, 0) is 20.7 Å². The molecule has 1 aromatic carbocycles. The number of aliphatic hydroxyl groups excluding tert-OH is 1. The largest absolute Gasteiger partial charge is 0.458 e. The van der Waals surface area contributed by atoms with Gasteiger partial charge in [-0.3, -0.25) is 9.59 Å². The summed E-state index contributed by atoms with van der Waals surface area (Å²) in [7, 11) is 0. The number of ether oxygens (including phenoxy) is 1. The number of aromatic nitrogens is 2. The third-order valence-corrected chi connectivity index (χ3v) is 10.7. The number of para-hydroxylation sites is 1. The summed E-state index contributed by atoms with van der Waals surface area (Å²) in [6.45, 7) is 9.07. The molecule has 7 heteroatoms. The Bertz CT molecular complexity index is 1410. The zero-order chi connectivity index (χ0) is 27.9. The van der Waals surface area contributed by atoms with Crippen LogP contribution in [0.15, 0.2) is 53.8 Å². The van der Waals surface area contributed by atoms with Crippen molar-refractivity contribution in [3.05, 3.63) is 65.0 Å². The number of nitrogens with zero attached hydrogens (tertiary/aromatic N) is 2. The maximum atomic E-state index is 13.4. The van der Waals surface area contributed by atoms with Crippen LogP contribution in [0, 0.1) is 34.5 Å². The van der Waals surface area contributed by atoms with Gasteiger partial charge in [-0.25, -0.2) is 4.68 Å². The Morgan fingerprint density at radius 3 is 2.62 bits per heavy atom. The van der Waals surface area contributed by atoms with E-state index in [0.717, 1.165) is 23.4 Å². The molecule has 39 heavy (non-hydrogen) atoms. The first-order chi connectivity index (χ1) is 18.4. The molecule has 0 spiro atoms. The Hall–Kier alpha value is -3.03. The normalized spacial score (nSPS) is 38.5. The van der Waals surface area contributed by atoms with Gasteiger partial charge < -0.3 is 14.9 Å². The molecule has 1 heterocycles. The Balaban J connectivity index is 1.38. The van der Waals surface area contributed by atoms with E-state index in [9.17, 15) is 19.8 Å². The van der Waals surface area contributed by atoms with Gasteiger partial charge in [-0.2, -0.15) is 5.10 Å². The molecule has 4 aliphatic rings. The van der Waals surface area contributed by atoms with Crippen LogP contribution in [-0.4, -0.2) is 50.1 Å². The third-order valence-electron chi connectivity index (χ3n) is 10.7. The summed E-state index contributed by atoms with van der Waals surface area (Å²) in [4.78, 5) is 24.8. The van der Waals surface area contributed by atoms with Crippen LogP contribution in [0.5, 0.6) is 0 Å². The monoisotopic (exact) mass is 530 g/mol. The van der Waals surface area contributed by atoms with Crippen LogP contribution in [0.4, 0.5) is 0 Å². The summed E-state index contributed by atoms with van der Waals surface area (Å²) in [6.07, 6.45) is 7.61. The van der Waals surface area contributed by atoms with Gasteiger partial charge in [-0.1, -0.05) is 50.6 Å². The van der Waals surface area contributed by atoms with Crippen LogP contribution in [0.3, 0.4) is 0 Å². The minimum absolute atomic E-state index is 0.00428. The molecule has 4 aliphatic carbocycles. The quantitative estimate of drug-likeness (QED) is 0.572. The van der Waals surface area contributed by atoms with E-state index >= 15 is 0 Å². The second kappa shape index (κ2) is 8.73. The summed E-state index contributed by atoms with van der Waals surface area (Å²) in [5, 5.41) is 28.8. The standard InChI is InChI=1S/C32H38N2O5/c1-18-11-23-25-12-19(2)32(38,28(37)17-39-20(3)35)31(25,5)15-27(36)29(23)30(4)14-21-16-34(22-9-7-6-8-10-22)33-26(21)13-24(18)30/h6-11,13,16,19,23,25,27,29,36,38H,12,14-15,17H2,1-5H3/t19-,23+,25-,27-,29+,30+,31+,32-/m1/s1. The minimum Gasteiger partial charge on any atom is -0.458 e. The highest BCUT2D eigenvalue weighted by Crippen LogP contribution is 2.68. The molecule has 0 radical (unpaired) electrons. The van der Waals surface area contributed by atoms with Gasteiger partial charge in [0.05, 0.1) is 17.5 Å². The molecule has 1 aromatic heterocycles. The maximum absolute atomic E-state index is 13.4. The van der Waals surface area contributed by atoms with Crippen molar-refractivity contribution in [2.24, 2.45) is 34.5 Å². The highest BCUT2D eigenvalue weighted by atomic mass is 16.5. The molecule has 0 unspecified atom stereocenters. The van der Waals surface area contributed by atoms with Crippen molar-refractivity contribution in [1.29, 1.82) is 0 Å². The number of carbonyl (C=O) groups is 2. The summed E-state index contributed by atoms with van der Waals surface area (Å²) in [6, 6.07) is 10.1. The Labute approximate surface area is 229 Å². The fourth-order valence-corrected chi connectivity index (χ4v) is 8.98. The predicted octanol–water partition coefficient (Wildman–Crippen LogP) is 4.30. The number of Topliss-reactive ketones (excluding diaryl/α,β-unsaturated/α-hetero) is 1. The summed E-state index contributed by atoms with van der Waals surface area (Å²) >= 11 is 0. The Kier molecular flexibility index (Phi) is 5.87. The van der Waals surface area contributed by atoms with E-state index in [2.05, 4.69) is 32.2 Å². The summed E-state index contributed by atoms with van der Waals surface area (Å²) in [5.41, 5.74) is 2.70. The highest BCUT2D eigenvalue weighted by Gasteiger charge is 2.70. The Morgan fingerprint density at radius 2 is 1.92 bits per heavy atom. The van der Waals surface area contributed by atoms with Crippen LogP contribution in [0.2, 0.25) is 0 Å². The predicted molar refractivity (Wildman–Crippen MR) is 147 cm³/mol. The second-order valence-corrected chi connectivity index (χ2v) is 12.8. The SMILES string of the molecule is CC(=O)OCC(=O)[C@]1(O)[C@H](C)C[C@@H]2[C@@H]3C=C(C)C4=Cc5nn(-c6ccccc6)cc5C[C@]4(C)[C@@H]3[C@H](O)C[C@@]21C. The molecular weight excluding hydrogens is 492 g/mol. The van der Waals surface area contributed by atoms with E-state index in [4.69, 9.17) is 9.84 Å². The van der Waals surface area contributed by atoms with Crippen molar-refractivity contribution in [3.8, 4) is 5.69 Å². The number of carbonyl (C=O) groups excluding carboxylic acids is 2. The van der Waals surface area contributed by atoms with Gasteiger partial charge in [0, 0.05) is 29.9 Å². The number of hydrogen-bond acceptors (Lipinski definition) is 6. The first-order valence-electron chi connectivity index (χ1n) is 14.0. The lowest BCUT2D eigenvalue weighted by molar-refractivity contribution is -0.182. The lowest BCUT2D eigenvalue weighted by atomic mass is 9.46. The van der Waals surface area contributed by atoms with E-state index in [1.54, 1.807) is 0 Å². The van der Waals surface area contributed by atoms with Gasteiger partial charge in [-0.05, 0) is 73.3 Å². The third kappa shape index (κ3) is 3.59. The lowest BCUT2D eigenvalue weighted by Gasteiger charge is -2.59. The van der Waals surface area contributed by atoms with Crippen molar-refractivity contribution < 1.29 is 24.5 Å². The first-order valence-corrected chi connectivity index (χ1v) is 14.0. The van der Waals surface area contributed by atoms with E-state index in [1.807, 2.05) is 48.9 Å². The van der Waals surface area contributed by atoms with Crippen molar-refractivity contribution in [1.82, 2.24) is 9.78 Å². The number of benzene rings is 1. The smallest absolute Gasteiger partial charge is 0.303 e. The summed E-state index contributed by atoms with van der Waals surface area (Å²) in [5.74, 6) is -1.38. The highest BCUT2D eigenvalue weighted by molar-refractivity contribution is 5.91. The number of rotatable bonds is 4. The average Bonchev–Trinajstić information content (AvgIpc) is 3.38. The molecule has 7 nitrogen and oxygen atoms in total. The topological polar surface area (TPSA) is 102 Å². The fraction of sp³-hybridized carbons (Fsp3) is 0.531. The van der Waals surface area contributed by atoms with Crippen molar-refractivity contribution in [3.63, 3.8) is 0 Å². The van der Waals surface area contributed by atoms with E-state index in [0.29, 0.717) is 12.8 Å². The number of fused-ring (bicyclic) bond motifs is 6. The van der Waals surface area contributed by atoms with Gasteiger partial charge in [-0.15, -0.1) is 0 Å². The van der Waals surface area contributed by atoms with E-state index in [1.165, 1.54) is 18.1 Å². The van der Waals surface area contributed by atoms with Crippen LogP contribution >= 0.6 is 0 Å². The Morgan fingerprint density at radius 1 is 1.21 bits per heavy atom. The second-order valence-electron chi connectivity index (χ2n) is 12.8. The number of allylic oxidation sites excluding steroid dienone is 3. The lowest BCUT2D eigenvalue weighted by Crippen LogP contribution is -2.62. The zero-order valence-corrected chi connectivity index (χ0v) is 23.3. The number of hydrogen-bond donors (Lipinski definition) is 2. The molecule has 206 valence electrons. The number of aliphatic hydroxyl groups is 2. The van der Waals surface area contributed by atoms with E-state index in [-0.39, 0.29) is 29.1 Å². The maximum Gasteiger partial charge on any atom is 0.303 e. The average molecular weight is 531 g/mol. The molecule has 0 saturated heterocycles. The van der Waals surface area contributed by atoms with Crippen LogP contribution in [0.1, 0.15) is 58.7 Å². The van der Waals surface area contributed by atoms with Crippen molar-refractivity contribution >= 4 is 17.8 Å². The number of ketones is 1. The first kappa shape index (κ1) is 26.2. The van der Waals surface area contributed by atoms with Crippen molar-refractivity contribution in [2.75, 3.05) is 6.61 Å².